The first-order valence-corrected chi connectivity index (χ1v) is 7.24. The molecule has 0 spiro atoms. The van der Waals surface area contributed by atoms with Crippen LogP contribution in [0.4, 0.5) is 5.69 Å². The Morgan fingerprint density at radius 1 is 1.09 bits per heavy atom. The van der Waals surface area contributed by atoms with Crippen LogP contribution in [0, 0.1) is 0 Å². The summed E-state index contributed by atoms with van der Waals surface area (Å²) in [6.07, 6.45) is 1.47. The first kappa shape index (κ1) is 14.2. The minimum absolute atomic E-state index is 0.317. The summed E-state index contributed by atoms with van der Waals surface area (Å²) in [5.74, 6) is -0.352. The maximum absolute atomic E-state index is 12.2. The van der Waals surface area contributed by atoms with Gasteiger partial charge in [-0.2, -0.15) is 5.06 Å². The summed E-state index contributed by atoms with van der Waals surface area (Å²) in [6.45, 7) is 2.13. The molecule has 0 aromatic heterocycles. The number of benzene rings is 2. The van der Waals surface area contributed by atoms with Gasteiger partial charge in [0.2, 0.25) is 0 Å². The average molecular weight is 295 g/mol. The third-order valence-electron chi connectivity index (χ3n) is 3.46. The van der Waals surface area contributed by atoms with Crippen LogP contribution in [0.25, 0.3) is 0 Å². The maximum atomic E-state index is 12.2. The number of carbonyl (C=O) groups is 1. The van der Waals surface area contributed by atoms with Crippen molar-refractivity contribution in [1.29, 1.82) is 0 Å². The Balaban J connectivity index is 1.98. The monoisotopic (exact) mass is 295 g/mol. The second kappa shape index (κ2) is 6.35. The molecule has 4 nitrogen and oxygen atoms in total. The fourth-order valence-corrected chi connectivity index (χ4v) is 2.47. The lowest BCUT2D eigenvalue weighted by molar-refractivity contribution is -0.138. The zero-order valence-electron chi connectivity index (χ0n) is 12.3. The van der Waals surface area contributed by atoms with Gasteiger partial charge in [-0.1, -0.05) is 48.5 Å². The van der Waals surface area contributed by atoms with Crippen molar-refractivity contribution in [1.82, 2.24) is 0 Å². The number of hydroxylamine groups is 1. The third-order valence-corrected chi connectivity index (χ3v) is 3.46. The molecule has 1 aliphatic rings. The predicted octanol–water partition coefficient (Wildman–Crippen LogP) is 3.63. The molecule has 4 heteroatoms. The minimum Gasteiger partial charge on any atom is -0.462 e. The van der Waals surface area contributed by atoms with Crippen LogP contribution in [-0.2, 0) is 14.4 Å². The van der Waals surface area contributed by atoms with Crippen LogP contribution >= 0.6 is 0 Å². The van der Waals surface area contributed by atoms with Gasteiger partial charge in [0, 0.05) is 0 Å². The lowest BCUT2D eigenvalue weighted by Crippen LogP contribution is -2.26. The van der Waals surface area contributed by atoms with Gasteiger partial charge in [0.15, 0.2) is 0 Å². The van der Waals surface area contributed by atoms with Crippen LogP contribution in [0.2, 0.25) is 0 Å². The Bertz CT molecular complexity index is 667. The lowest BCUT2D eigenvalue weighted by atomic mass is 9.99. The van der Waals surface area contributed by atoms with Crippen molar-refractivity contribution in [2.45, 2.75) is 13.0 Å². The highest BCUT2D eigenvalue weighted by Gasteiger charge is 2.36. The molecule has 0 amide bonds. The van der Waals surface area contributed by atoms with Gasteiger partial charge < -0.3 is 9.57 Å². The predicted molar refractivity (Wildman–Crippen MR) is 83.9 cm³/mol. The standard InChI is InChI=1S/C18H17NO3/c1-2-21-18(20)16-13-22-19(15-11-7-4-8-12-15)17(16)14-9-5-3-6-10-14/h3-13,17H,2H2,1H3. The number of rotatable bonds is 4. The molecule has 1 unspecified atom stereocenters. The van der Waals surface area contributed by atoms with Crippen LogP contribution in [0.1, 0.15) is 18.5 Å². The molecule has 1 aliphatic heterocycles. The van der Waals surface area contributed by atoms with Crippen LogP contribution in [0.3, 0.4) is 0 Å². The van der Waals surface area contributed by atoms with Gasteiger partial charge in [0.25, 0.3) is 0 Å². The SMILES string of the molecule is CCOC(=O)C1=CON(c2ccccc2)C1c1ccccc1. The molecule has 22 heavy (non-hydrogen) atoms. The van der Waals surface area contributed by atoms with Crippen molar-refractivity contribution >= 4 is 11.7 Å². The molecule has 0 radical (unpaired) electrons. The van der Waals surface area contributed by atoms with Gasteiger partial charge in [-0.15, -0.1) is 0 Å². The van der Waals surface area contributed by atoms with Gasteiger partial charge in [0.05, 0.1) is 12.3 Å². The van der Waals surface area contributed by atoms with Crippen LogP contribution in [-0.4, -0.2) is 12.6 Å². The van der Waals surface area contributed by atoms with E-state index in [1.165, 1.54) is 6.26 Å². The molecule has 0 saturated carbocycles. The summed E-state index contributed by atoms with van der Waals surface area (Å²) < 4.78 is 5.15. The quantitative estimate of drug-likeness (QED) is 0.807. The van der Waals surface area contributed by atoms with Crippen LogP contribution in [0.5, 0.6) is 0 Å². The first-order chi connectivity index (χ1) is 10.8. The molecule has 3 rings (SSSR count). The van der Waals surface area contributed by atoms with Crippen molar-refractivity contribution in [2.75, 3.05) is 11.7 Å². The summed E-state index contributed by atoms with van der Waals surface area (Å²) in [7, 11) is 0. The Morgan fingerprint density at radius 3 is 2.36 bits per heavy atom. The number of esters is 1. The largest absolute Gasteiger partial charge is 0.462 e. The highest BCUT2D eigenvalue weighted by Crippen LogP contribution is 2.38. The molecule has 0 aliphatic carbocycles. The van der Waals surface area contributed by atoms with E-state index in [0.717, 1.165) is 11.3 Å². The van der Waals surface area contributed by atoms with Crippen molar-refractivity contribution in [3.05, 3.63) is 78.1 Å². The summed E-state index contributed by atoms with van der Waals surface area (Å²) >= 11 is 0. The van der Waals surface area contributed by atoms with Gasteiger partial charge in [0.1, 0.15) is 17.9 Å². The van der Waals surface area contributed by atoms with Gasteiger partial charge in [-0.25, -0.2) is 4.79 Å². The van der Waals surface area contributed by atoms with Crippen LogP contribution < -0.4 is 5.06 Å². The highest BCUT2D eigenvalue weighted by molar-refractivity contribution is 5.91. The molecule has 1 heterocycles. The van der Waals surface area contributed by atoms with E-state index in [0.29, 0.717) is 12.2 Å². The van der Waals surface area contributed by atoms with E-state index in [9.17, 15) is 4.79 Å². The van der Waals surface area contributed by atoms with E-state index in [2.05, 4.69) is 0 Å². The molecule has 0 fully saturated rings. The molecular weight excluding hydrogens is 278 g/mol. The van der Waals surface area contributed by atoms with Crippen molar-refractivity contribution in [2.24, 2.45) is 0 Å². The normalized spacial score (nSPS) is 16.9. The second-order valence-corrected chi connectivity index (χ2v) is 4.87. The number of para-hydroxylation sites is 1. The zero-order chi connectivity index (χ0) is 15.4. The van der Waals surface area contributed by atoms with E-state index in [4.69, 9.17) is 9.57 Å². The molecular formula is C18H17NO3. The molecule has 112 valence electrons. The molecule has 1 atom stereocenters. The van der Waals surface area contributed by atoms with Gasteiger partial charge >= 0.3 is 5.97 Å². The topological polar surface area (TPSA) is 38.8 Å². The Labute approximate surface area is 129 Å². The van der Waals surface area contributed by atoms with Gasteiger partial charge in [-0.05, 0) is 24.6 Å². The first-order valence-electron chi connectivity index (χ1n) is 7.24. The average Bonchev–Trinajstić information content (AvgIpc) is 3.02. The highest BCUT2D eigenvalue weighted by atomic mass is 16.7. The summed E-state index contributed by atoms with van der Waals surface area (Å²) in [5.41, 5.74) is 2.35. The number of ether oxygens (including phenoxy) is 1. The van der Waals surface area contributed by atoms with Crippen molar-refractivity contribution in [3.63, 3.8) is 0 Å². The number of hydrogen-bond acceptors (Lipinski definition) is 4. The summed E-state index contributed by atoms with van der Waals surface area (Å²) in [5, 5.41) is 1.72. The number of nitrogens with zero attached hydrogens (tertiary/aromatic N) is 1. The third kappa shape index (κ3) is 2.68. The molecule has 0 N–H and O–H groups in total. The second-order valence-electron chi connectivity index (χ2n) is 4.87. The zero-order valence-corrected chi connectivity index (χ0v) is 12.3. The van der Waals surface area contributed by atoms with Crippen molar-refractivity contribution < 1.29 is 14.4 Å². The molecule has 0 saturated heterocycles. The summed E-state index contributed by atoms with van der Waals surface area (Å²) in [4.78, 5) is 17.9. The van der Waals surface area contributed by atoms with E-state index in [-0.39, 0.29) is 12.0 Å². The van der Waals surface area contributed by atoms with E-state index in [1.807, 2.05) is 60.7 Å². The fraction of sp³-hybridized carbons (Fsp3) is 0.167. The lowest BCUT2D eigenvalue weighted by Gasteiger charge is -2.26. The molecule has 2 aromatic rings. The minimum atomic E-state index is -0.352. The maximum Gasteiger partial charge on any atom is 0.339 e. The van der Waals surface area contributed by atoms with E-state index in [1.54, 1.807) is 12.0 Å². The number of anilines is 1. The van der Waals surface area contributed by atoms with E-state index >= 15 is 0 Å². The number of hydrogen-bond donors (Lipinski definition) is 0. The van der Waals surface area contributed by atoms with Crippen molar-refractivity contribution in [3.8, 4) is 0 Å². The summed E-state index contributed by atoms with van der Waals surface area (Å²) in [6, 6.07) is 19.2. The Kier molecular flexibility index (Phi) is 4.10. The molecule has 0 bridgehead atoms. The molecule has 2 aromatic carbocycles. The Morgan fingerprint density at radius 2 is 1.73 bits per heavy atom. The van der Waals surface area contributed by atoms with Crippen LogP contribution in [0.15, 0.2) is 72.5 Å². The smallest absolute Gasteiger partial charge is 0.339 e. The number of carbonyl (C=O) groups excluding carboxylic acids is 1. The van der Waals surface area contributed by atoms with Gasteiger partial charge in [-0.3, -0.25) is 0 Å². The fourth-order valence-electron chi connectivity index (χ4n) is 2.47. The Hall–Kier alpha value is -2.75. The van der Waals surface area contributed by atoms with E-state index < -0.39 is 0 Å².